The highest BCUT2D eigenvalue weighted by atomic mass is 32.1. The number of aromatic nitrogens is 1. The molecule has 2 aromatic rings. The van der Waals surface area contributed by atoms with E-state index in [1.165, 1.54) is 11.3 Å². The third kappa shape index (κ3) is 4.38. The number of hydrogen-bond acceptors (Lipinski definition) is 5. The van der Waals surface area contributed by atoms with Crippen LogP contribution < -0.4 is 5.32 Å². The molecule has 2 rings (SSSR count). The van der Waals surface area contributed by atoms with Crippen LogP contribution in [0.25, 0.3) is 9.88 Å². The molecular weight excluding hydrogens is 316 g/mol. The second kappa shape index (κ2) is 8.41. The average Bonchev–Trinajstić information content (AvgIpc) is 3.14. The number of carbonyl (C=O) groups is 1. The highest BCUT2D eigenvalue weighted by molar-refractivity contribution is 7.22. The highest BCUT2D eigenvalue weighted by Crippen LogP contribution is 2.31. The summed E-state index contributed by atoms with van der Waals surface area (Å²) in [7, 11) is 0. The van der Waals surface area contributed by atoms with Crippen molar-refractivity contribution in [2.75, 3.05) is 13.2 Å². The number of nitrogens with one attached hydrogen (secondary N) is 1. The van der Waals surface area contributed by atoms with Crippen LogP contribution in [0.1, 0.15) is 41.6 Å². The van der Waals surface area contributed by atoms with Crippen LogP contribution in [0.5, 0.6) is 0 Å². The Morgan fingerprint density at radius 1 is 1.45 bits per heavy atom. The molecule has 120 valence electrons. The summed E-state index contributed by atoms with van der Waals surface area (Å²) in [6.45, 7) is 4.77. The molecule has 0 aliphatic carbocycles. The first-order chi connectivity index (χ1) is 10.7. The Morgan fingerprint density at radius 3 is 2.91 bits per heavy atom. The second-order valence-electron chi connectivity index (χ2n) is 5.29. The van der Waals surface area contributed by atoms with Gasteiger partial charge in [-0.2, -0.15) is 0 Å². The zero-order valence-corrected chi connectivity index (χ0v) is 14.6. The zero-order valence-electron chi connectivity index (χ0n) is 13.0. The predicted molar refractivity (Wildman–Crippen MR) is 92.6 cm³/mol. The first-order valence-electron chi connectivity index (χ1n) is 7.56. The van der Waals surface area contributed by atoms with Crippen molar-refractivity contribution in [2.24, 2.45) is 5.92 Å². The van der Waals surface area contributed by atoms with Gasteiger partial charge >= 0.3 is 0 Å². The molecule has 0 fully saturated rings. The predicted octanol–water partition coefficient (Wildman–Crippen LogP) is 3.71. The quantitative estimate of drug-likeness (QED) is 0.771. The standard InChI is InChI=1S/C16H22N2O2S2/c1-3-5-12(7-8-19)10-17-15(20)14-11(2)18-16(22-14)13-6-4-9-21-13/h4,6,9,12,19H,3,5,7-8,10H2,1-2H3,(H,17,20). The molecule has 22 heavy (non-hydrogen) atoms. The largest absolute Gasteiger partial charge is 0.396 e. The molecular formula is C16H22N2O2S2. The smallest absolute Gasteiger partial charge is 0.263 e. The number of nitrogens with zero attached hydrogens (tertiary/aromatic N) is 1. The summed E-state index contributed by atoms with van der Waals surface area (Å²) in [4.78, 5) is 18.6. The molecule has 1 amide bonds. The fourth-order valence-corrected chi connectivity index (χ4v) is 4.15. The number of aryl methyl sites for hydroxylation is 1. The minimum absolute atomic E-state index is 0.0585. The average molecular weight is 338 g/mol. The number of aliphatic hydroxyl groups excluding tert-OH is 1. The fourth-order valence-electron chi connectivity index (χ4n) is 2.37. The van der Waals surface area contributed by atoms with Crippen LogP contribution in [-0.2, 0) is 0 Å². The van der Waals surface area contributed by atoms with E-state index in [0.29, 0.717) is 17.3 Å². The lowest BCUT2D eigenvalue weighted by molar-refractivity contribution is 0.0946. The van der Waals surface area contributed by atoms with Crippen LogP contribution in [0.15, 0.2) is 17.5 Å². The van der Waals surface area contributed by atoms with Gasteiger partial charge in [0.05, 0.1) is 10.6 Å². The van der Waals surface area contributed by atoms with E-state index >= 15 is 0 Å². The first kappa shape index (κ1) is 17.1. The van der Waals surface area contributed by atoms with Crippen LogP contribution in [-0.4, -0.2) is 29.1 Å². The normalized spacial score (nSPS) is 12.3. The van der Waals surface area contributed by atoms with Crippen LogP contribution in [0.2, 0.25) is 0 Å². The topological polar surface area (TPSA) is 62.2 Å². The van der Waals surface area contributed by atoms with E-state index < -0.39 is 0 Å². The van der Waals surface area contributed by atoms with Crippen molar-refractivity contribution in [2.45, 2.75) is 33.1 Å². The summed E-state index contributed by atoms with van der Waals surface area (Å²) >= 11 is 3.07. The van der Waals surface area contributed by atoms with Crippen LogP contribution >= 0.6 is 22.7 Å². The molecule has 0 aromatic carbocycles. The zero-order chi connectivity index (χ0) is 15.9. The molecule has 1 unspecified atom stereocenters. The number of amides is 1. The summed E-state index contributed by atoms with van der Waals surface area (Å²) in [5.41, 5.74) is 0.778. The number of thiophene rings is 1. The molecule has 2 heterocycles. The Balaban J connectivity index is 2.00. The Morgan fingerprint density at radius 2 is 2.27 bits per heavy atom. The molecule has 0 aliphatic heterocycles. The summed E-state index contributed by atoms with van der Waals surface area (Å²) in [6, 6.07) is 4.00. The molecule has 0 radical (unpaired) electrons. The van der Waals surface area contributed by atoms with Crippen LogP contribution in [0, 0.1) is 12.8 Å². The lowest BCUT2D eigenvalue weighted by atomic mass is 10.0. The summed E-state index contributed by atoms with van der Waals surface area (Å²) in [5, 5.41) is 15.0. The second-order valence-corrected chi connectivity index (χ2v) is 7.23. The highest BCUT2D eigenvalue weighted by Gasteiger charge is 2.17. The molecule has 1 atom stereocenters. The van der Waals surface area contributed by atoms with Gasteiger partial charge in [0.25, 0.3) is 5.91 Å². The third-order valence-electron chi connectivity index (χ3n) is 3.52. The summed E-state index contributed by atoms with van der Waals surface area (Å²) in [5.74, 6) is 0.279. The summed E-state index contributed by atoms with van der Waals surface area (Å²) < 4.78 is 0. The first-order valence-corrected chi connectivity index (χ1v) is 9.25. The molecule has 0 saturated heterocycles. The number of thiazole rings is 1. The Hall–Kier alpha value is -1.24. The number of aliphatic hydroxyl groups is 1. The Labute approximate surface area is 139 Å². The number of hydrogen-bond donors (Lipinski definition) is 2. The van der Waals surface area contributed by atoms with E-state index in [4.69, 9.17) is 5.11 Å². The van der Waals surface area contributed by atoms with Crippen molar-refractivity contribution in [3.63, 3.8) is 0 Å². The van der Waals surface area contributed by atoms with E-state index in [-0.39, 0.29) is 12.5 Å². The van der Waals surface area contributed by atoms with Gasteiger partial charge in [-0.25, -0.2) is 4.98 Å². The molecule has 0 saturated carbocycles. The Kier molecular flexibility index (Phi) is 6.54. The van der Waals surface area contributed by atoms with E-state index in [2.05, 4.69) is 17.2 Å². The summed E-state index contributed by atoms with van der Waals surface area (Å²) in [6.07, 6.45) is 2.81. The van der Waals surface area contributed by atoms with Crippen LogP contribution in [0.3, 0.4) is 0 Å². The van der Waals surface area contributed by atoms with Crippen molar-refractivity contribution in [3.8, 4) is 9.88 Å². The van der Waals surface area contributed by atoms with Gasteiger partial charge in [0, 0.05) is 13.2 Å². The van der Waals surface area contributed by atoms with Gasteiger partial charge < -0.3 is 10.4 Å². The van der Waals surface area contributed by atoms with E-state index in [9.17, 15) is 4.79 Å². The SMILES string of the molecule is CCCC(CCO)CNC(=O)c1sc(-c2cccs2)nc1C. The molecule has 6 heteroatoms. The molecule has 0 bridgehead atoms. The van der Waals surface area contributed by atoms with Crippen LogP contribution in [0.4, 0.5) is 0 Å². The van der Waals surface area contributed by atoms with Crippen molar-refractivity contribution in [3.05, 3.63) is 28.1 Å². The van der Waals surface area contributed by atoms with Gasteiger partial charge in [0.2, 0.25) is 0 Å². The van der Waals surface area contributed by atoms with Gasteiger partial charge in [0.15, 0.2) is 0 Å². The molecule has 0 aliphatic rings. The van der Waals surface area contributed by atoms with Gasteiger partial charge in [-0.05, 0) is 37.1 Å². The lowest BCUT2D eigenvalue weighted by Crippen LogP contribution is -2.29. The third-order valence-corrected chi connectivity index (χ3v) is 5.72. The maximum Gasteiger partial charge on any atom is 0.263 e. The maximum absolute atomic E-state index is 12.4. The van der Waals surface area contributed by atoms with Gasteiger partial charge in [0.1, 0.15) is 9.88 Å². The molecule has 0 spiro atoms. The number of carbonyl (C=O) groups excluding carboxylic acids is 1. The molecule has 2 aromatic heterocycles. The van der Waals surface area contributed by atoms with Crippen molar-refractivity contribution >= 4 is 28.6 Å². The maximum atomic E-state index is 12.4. The van der Waals surface area contributed by atoms with Gasteiger partial charge in [-0.3, -0.25) is 4.79 Å². The van der Waals surface area contributed by atoms with Gasteiger partial charge in [-0.15, -0.1) is 22.7 Å². The van der Waals surface area contributed by atoms with Crippen molar-refractivity contribution in [1.82, 2.24) is 10.3 Å². The monoisotopic (exact) mass is 338 g/mol. The van der Waals surface area contributed by atoms with E-state index in [1.807, 2.05) is 24.4 Å². The number of rotatable bonds is 8. The van der Waals surface area contributed by atoms with Gasteiger partial charge in [-0.1, -0.05) is 19.4 Å². The molecule has 2 N–H and O–H groups in total. The van der Waals surface area contributed by atoms with Crippen molar-refractivity contribution in [1.29, 1.82) is 0 Å². The minimum Gasteiger partial charge on any atom is -0.396 e. The Bertz CT molecular complexity index is 587. The van der Waals surface area contributed by atoms with Crippen molar-refractivity contribution < 1.29 is 9.90 Å². The molecule has 4 nitrogen and oxygen atoms in total. The lowest BCUT2D eigenvalue weighted by Gasteiger charge is -2.15. The van der Waals surface area contributed by atoms with E-state index in [1.54, 1.807) is 11.3 Å². The van der Waals surface area contributed by atoms with E-state index in [0.717, 1.165) is 34.8 Å². The minimum atomic E-state index is -0.0585. The fraction of sp³-hybridized carbons (Fsp3) is 0.500.